The SMILES string of the molecule is CCOc1ccc2sc(I)cc2c1N. The van der Waals surface area contributed by atoms with Crippen LogP contribution in [0.5, 0.6) is 5.75 Å². The molecule has 0 saturated carbocycles. The van der Waals surface area contributed by atoms with Crippen molar-refractivity contribution in [2.24, 2.45) is 0 Å². The zero-order chi connectivity index (χ0) is 10.1. The number of nitrogens with two attached hydrogens (primary N) is 1. The molecule has 0 fully saturated rings. The molecule has 0 bridgehead atoms. The zero-order valence-corrected chi connectivity index (χ0v) is 10.7. The Morgan fingerprint density at radius 1 is 1.50 bits per heavy atom. The molecule has 0 spiro atoms. The van der Waals surface area contributed by atoms with Gasteiger partial charge in [0.2, 0.25) is 0 Å². The van der Waals surface area contributed by atoms with E-state index in [1.807, 2.05) is 13.0 Å². The molecule has 4 heteroatoms. The average molecular weight is 319 g/mol. The van der Waals surface area contributed by atoms with E-state index in [1.165, 1.54) is 7.58 Å². The van der Waals surface area contributed by atoms with Crippen molar-refractivity contribution in [3.8, 4) is 5.75 Å². The summed E-state index contributed by atoms with van der Waals surface area (Å²) < 4.78 is 7.90. The number of fused-ring (bicyclic) bond motifs is 1. The summed E-state index contributed by atoms with van der Waals surface area (Å²) in [6.07, 6.45) is 0. The van der Waals surface area contributed by atoms with Gasteiger partial charge < -0.3 is 10.5 Å². The molecule has 74 valence electrons. The number of thiophene rings is 1. The number of halogens is 1. The summed E-state index contributed by atoms with van der Waals surface area (Å²) in [6, 6.07) is 6.09. The normalized spacial score (nSPS) is 10.7. The van der Waals surface area contributed by atoms with Gasteiger partial charge in [-0.3, -0.25) is 0 Å². The van der Waals surface area contributed by atoms with E-state index < -0.39 is 0 Å². The maximum atomic E-state index is 6.00. The fraction of sp³-hybridized carbons (Fsp3) is 0.200. The topological polar surface area (TPSA) is 35.2 Å². The van der Waals surface area contributed by atoms with Crippen LogP contribution in [-0.2, 0) is 0 Å². The van der Waals surface area contributed by atoms with Gasteiger partial charge in [0.1, 0.15) is 5.75 Å². The number of rotatable bonds is 2. The minimum Gasteiger partial charge on any atom is -0.492 e. The molecule has 0 aliphatic rings. The second-order valence-electron chi connectivity index (χ2n) is 2.87. The summed E-state index contributed by atoms with van der Waals surface area (Å²) in [6.45, 7) is 2.61. The molecular formula is C10H10INOS. The molecule has 0 aliphatic carbocycles. The van der Waals surface area contributed by atoms with Crippen molar-refractivity contribution >= 4 is 49.7 Å². The van der Waals surface area contributed by atoms with Gasteiger partial charge in [-0.1, -0.05) is 0 Å². The van der Waals surface area contributed by atoms with E-state index in [-0.39, 0.29) is 0 Å². The third-order valence-electron chi connectivity index (χ3n) is 1.97. The van der Waals surface area contributed by atoms with Gasteiger partial charge in [-0.25, -0.2) is 0 Å². The van der Waals surface area contributed by atoms with Crippen LogP contribution in [0.25, 0.3) is 10.1 Å². The van der Waals surface area contributed by atoms with Gasteiger partial charge >= 0.3 is 0 Å². The van der Waals surface area contributed by atoms with Gasteiger partial charge in [-0.15, -0.1) is 11.3 Å². The molecule has 2 N–H and O–H groups in total. The molecule has 0 aliphatic heterocycles. The average Bonchev–Trinajstić information content (AvgIpc) is 2.52. The fourth-order valence-electron chi connectivity index (χ4n) is 1.36. The Morgan fingerprint density at radius 2 is 2.29 bits per heavy atom. The van der Waals surface area contributed by atoms with E-state index in [9.17, 15) is 0 Å². The Hall–Kier alpha value is -0.490. The van der Waals surface area contributed by atoms with Crippen molar-refractivity contribution in [2.45, 2.75) is 6.92 Å². The van der Waals surface area contributed by atoms with Crippen molar-refractivity contribution in [3.05, 3.63) is 21.1 Å². The molecule has 0 saturated heterocycles. The Labute approximate surface area is 100 Å². The standard InChI is InChI=1S/C10H10INOS/c1-2-13-7-3-4-8-6(10(7)12)5-9(11)14-8/h3-5H,2,12H2,1H3. The Kier molecular flexibility index (Phi) is 2.83. The molecular weight excluding hydrogens is 309 g/mol. The fourth-order valence-corrected chi connectivity index (χ4v) is 3.19. The number of anilines is 1. The number of hydrogen-bond acceptors (Lipinski definition) is 3. The van der Waals surface area contributed by atoms with E-state index in [4.69, 9.17) is 10.5 Å². The number of ether oxygens (including phenoxy) is 1. The van der Waals surface area contributed by atoms with Crippen LogP contribution < -0.4 is 10.5 Å². The Morgan fingerprint density at radius 3 is 3.00 bits per heavy atom. The molecule has 2 aromatic rings. The lowest BCUT2D eigenvalue weighted by Gasteiger charge is -2.06. The Balaban J connectivity index is 2.61. The summed E-state index contributed by atoms with van der Waals surface area (Å²) in [4.78, 5) is 0. The minimum absolute atomic E-state index is 0.650. The molecule has 1 aromatic carbocycles. The first-order valence-corrected chi connectivity index (χ1v) is 6.22. The summed E-state index contributed by atoms with van der Waals surface area (Å²) in [5.41, 5.74) is 6.75. The van der Waals surface area contributed by atoms with Gasteiger partial charge in [-0.2, -0.15) is 0 Å². The highest BCUT2D eigenvalue weighted by molar-refractivity contribution is 14.1. The highest BCUT2D eigenvalue weighted by Crippen LogP contribution is 2.36. The monoisotopic (exact) mass is 319 g/mol. The van der Waals surface area contributed by atoms with Crippen LogP contribution in [0.15, 0.2) is 18.2 Å². The largest absolute Gasteiger partial charge is 0.492 e. The second kappa shape index (κ2) is 3.94. The number of hydrogen-bond donors (Lipinski definition) is 1. The van der Waals surface area contributed by atoms with Crippen LogP contribution in [0.3, 0.4) is 0 Å². The first-order valence-electron chi connectivity index (χ1n) is 4.32. The van der Waals surface area contributed by atoms with Crippen LogP contribution in [0.1, 0.15) is 6.92 Å². The predicted molar refractivity (Wildman–Crippen MR) is 70.1 cm³/mol. The van der Waals surface area contributed by atoms with Gasteiger partial charge in [0.05, 0.1) is 15.2 Å². The van der Waals surface area contributed by atoms with E-state index in [0.717, 1.165) is 16.8 Å². The van der Waals surface area contributed by atoms with Crippen LogP contribution in [0.4, 0.5) is 5.69 Å². The molecule has 14 heavy (non-hydrogen) atoms. The molecule has 1 aromatic heterocycles. The molecule has 0 amide bonds. The van der Waals surface area contributed by atoms with E-state index in [1.54, 1.807) is 11.3 Å². The quantitative estimate of drug-likeness (QED) is 0.679. The molecule has 0 unspecified atom stereocenters. The lowest BCUT2D eigenvalue weighted by Crippen LogP contribution is -1.96. The van der Waals surface area contributed by atoms with E-state index >= 15 is 0 Å². The van der Waals surface area contributed by atoms with Gasteiger partial charge in [0, 0.05) is 10.1 Å². The molecule has 0 atom stereocenters. The van der Waals surface area contributed by atoms with Gasteiger partial charge in [0.25, 0.3) is 0 Å². The predicted octanol–water partition coefficient (Wildman–Crippen LogP) is 3.49. The summed E-state index contributed by atoms with van der Waals surface area (Å²) in [5.74, 6) is 0.786. The van der Waals surface area contributed by atoms with E-state index in [2.05, 4.69) is 34.7 Å². The number of nitrogen functional groups attached to an aromatic ring is 1. The lowest BCUT2D eigenvalue weighted by molar-refractivity contribution is 0.342. The van der Waals surface area contributed by atoms with Crippen LogP contribution >= 0.6 is 33.9 Å². The Bertz CT molecular complexity index is 466. The van der Waals surface area contributed by atoms with Crippen molar-refractivity contribution in [2.75, 3.05) is 12.3 Å². The molecule has 2 nitrogen and oxygen atoms in total. The third kappa shape index (κ3) is 1.68. The van der Waals surface area contributed by atoms with Crippen molar-refractivity contribution in [1.29, 1.82) is 0 Å². The minimum atomic E-state index is 0.650. The highest BCUT2D eigenvalue weighted by Gasteiger charge is 2.07. The van der Waals surface area contributed by atoms with Crippen LogP contribution in [0, 0.1) is 2.88 Å². The summed E-state index contributed by atoms with van der Waals surface area (Å²) in [5, 5.41) is 1.10. The zero-order valence-electron chi connectivity index (χ0n) is 7.71. The first kappa shape index (κ1) is 10.0. The third-order valence-corrected chi connectivity index (χ3v) is 3.83. The van der Waals surface area contributed by atoms with Crippen molar-refractivity contribution in [1.82, 2.24) is 0 Å². The highest BCUT2D eigenvalue weighted by atomic mass is 127. The van der Waals surface area contributed by atoms with Crippen LogP contribution in [-0.4, -0.2) is 6.61 Å². The van der Waals surface area contributed by atoms with Crippen molar-refractivity contribution < 1.29 is 4.74 Å². The maximum Gasteiger partial charge on any atom is 0.142 e. The summed E-state index contributed by atoms with van der Waals surface area (Å²) >= 11 is 4.05. The first-order chi connectivity index (χ1) is 6.72. The van der Waals surface area contributed by atoms with E-state index in [0.29, 0.717) is 6.61 Å². The molecule has 1 heterocycles. The van der Waals surface area contributed by atoms with Crippen LogP contribution in [0.2, 0.25) is 0 Å². The summed E-state index contributed by atoms with van der Waals surface area (Å²) in [7, 11) is 0. The van der Waals surface area contributed by atoms with Crippen molar-refractivity contribution in [3.63, 3.8) is 0 Å². The smallest absolute Gasteiger partial charge is 0.142 e. The van der Waals surface area contributed by atoms with Gasteiger partial charge in [-0.05, 0) is 47.7 Å². The second-order valence-corrected chi connectivity index (χ2v) is 5.85. The maximum absolute atomic E-state index is 6.00. The van der Waals surface area contributed by atoms with Gasteiger partial charge in [0.15, 0.2) is 0 Å². The molecule has 2 rings (SSSR count). The molecule has 0 radical (unpaired) electrons. The lowest BCUT2D eigenvalue weighted by atomic mass is 10.2. The number of benzene rings is 1.